The average molecular weight is 245 g/mol. The molecule has 0 radical (unpaired) electrons. The molecule has 0 amide bonds. The van der Waals surface area contributed by atoms with E-state index in [1.165, 1.54) is 11.3 Å². The molecule has 2 rings (SSSR count). The number of hydrogen-bond donors (Lipinski definition) is 1. The molecule has 0 atom stereocenters. The van der Waals surface area contributed by atoms with Crippen LogP contribution in [0.5, 0.6) is 5.75 Å². The SMILES string of the molecule is Cc1cccc(OCCNCc2ccnn2C)c1. The van der Waals surface area contributed by atoms with Crippen molar-refractivity contribution in [3.8, 4) is 5.75 Å². The maximum Gasteiger partial charge on any atom is 0.119 e. The first-order chi connectivity index (χ1) is 8.75. The van der Waals surface area contributed by atoms with Crippen LogP contribution in [0.1, 0.15) is 11.3 Å². The van der Waals surface area contributed by atoms with Crippen LogP contribution in [0.2, 0.25) is 0 Å². The van der Waals surface area contributed by atoms with Crippen molar-refractivity contribution < 1.29 is 4.74 Å². The lowest BCUT2D eigenvalue weighted by Gasteiger charge is -2.08. The standard InChI is InChI=1S/C14H19N3O/c1-12-4-3-5-14(10-12)18-9-8-15-11-13-6-7-16-17(13)2/h3-7,10,15H,8-9,11H2,1-2H3. The fraction of sp³-hybridized carbons (Fsp3) is 0.357. The summed E-state index contributed by atoms with van der Waals surface area (Å²) in [6, 6.07) is 10.1. The van der Waals surface area contributed by atoms with E-state index < -0.39 is 0 Å². The second-order valence-corrected chi connectivity index (χ2v) is 4.29. The molecule has 0 saturated carbocycles. The van der Waals surface area contributed by atoms with Gasteiger partial charge in [-0.25, -0.2) is 0 Å². The first kappa shape index (κ1) is 12.6. The number of rotatable bonds is 6. The number of ether oxygens (including phenoxy) is 1. The van der Waals surface area contributed by atoms with Gasteiger partial charge in [0, 0.05) is 26.3 Å². The Hall–Kier alpha value is -1.81. The van der Waals surface area contributed by atoms with Crippen LogP contribution in [0.25, 0.3) is 0 Å². The second kappa shape index (κ2) is 6.21. The molecule has 4 heteroatoms. The Kier molecular flexibility index (Phi) is 4.36. The van der Waals surface area contributed by atoms with Crippen LogP contribution in [0, 0.1) is 6.92 Å². The molecular formula is C14H19N3O. The summed E-state index contributed by atoms with van der Waals surface area (Å²) in [4.78, 5) is 0. The third-order valence-electron chi connectivity index (χ3n) is 2.77. The van der Waals surface area contributed by atoms with Crippen LogP contribution in [0.3, 0.4) is 0 Å². The Bertz CT molecular complexity index is 493. The highest BCUT2D eigenvalue weighted by molar-refractivity contribution is 5.27. The number of nitrogens with one attached hydrogen (secondary N) is 1. The Morgan fingerprint density at radius 2 is 2.22 bits per heavy atom. The van der Waals surface area contributed by atoms with E-state index in [1.807, 2.05) is 36.0 Å². The van der Waals surface area contributed by atoms with Gasteiger partial charge in [0.25, 0.3) is 0 Å². The van der Waals surface area contributed by atoms with Gasteiger partial charge >= 0.3 is 0 Å². The summed E-state index contributed by atoms with van der Waals surface area (Å²) in [5.41, 5.74) is 2.39. The first-order valence-corrected chi connectivity index (χ1v) is 6.13. The normalized spacial score (nSPS) is 10.6. The summed E-state index contributed by atoms with van der Waals surface area (Å²) in [6.07, 6.45) is 1.81. The van der Waals surface area contributed by atoms with Gasteiger partial charge in [-0.2, -0.15) is 5.10 Å². The van der Waals surface area contributed by atoms with Crippen molar-refractivity contribution in [2.45, 2.75) is 13.5 Å². The van der Waals surface area contributed by atoms with Crippen LogP contribution in [0.4, 0.5) is 0 Å². The largest absolute Gasteiger partial charge is 0.492 e. The van der Waals surface area contributed by atoms with Crippen LogP contribution in [0.15, 0.2) is 36.5 Å². The van der Waals surface area contributed by atoms with Gasteiger partial charge in [-0.3, -0.25) is 4.68 Å². The van der Waals surface area contributed by atoms with E-state index in [0.29, 0.717) is 6.61 Å². The summed E-state index contributed by atoms with van der Waals surface area (Å²) in [5, 5.41) is 7.45. The summed E-state index contributed by atoms with van der Waals surface area (Å²) in [5.74, 6) is 0.928. The third kappa shape index (κ3) is 3.60. The van der Waals surface area contributed by atoms with Crippen molar-refractivity contribution in [1.82, 2.24) is 15.1 Å². The van der Waals surface area contributed by atoms with Crippen LogP contribution in [-0.2, 0) is 13.6 Å². The quantitative estimate of drug-likeness (QED) is 0.790. The minimum absolute atomic E-state index is 0.668. The molecular weight excluding hydrogens is 226 g/mol. The topological polar surface area (TPSA) is 39.1 Å². The highest BCUT2D eigenvalue weighted by Gasteiger charge is 1.97. The zero-order valence-corrected chi connectivity index (χ0v) is 10.9. The molecule has 0 unspecified atom stereocenters. The molecule has 0 spiro atoms. The molecule has 1 N–H and O–H groups in total. The molecule has 1 aromatic heterocycles. The van der Waals surface area contributed by atoms with E-state index in [2.05, 4.69) is 23.4 Å². The van der Waals surface area contributed by atoms with Gasteiger partial charge in [-0.05, 0) is 30.7 Å². The van der Waals surface area contributed by atoms with Crippen LogP contribution in [-0.4, -0.2) is 22.9 Å². The van der Waals surface area contributed by atoms with E-state index in [4.69, 9.17) is 4.74 Å². The van der Waals surface area contributed by atoms with Crippen molar-refractivity contribution in [3.05, 3.63) is 47.8 Å². The van der Waals surface area contributed by atoms with Gasteiger partial charge in [-0.1, -0.05) is 12.1 Å². The Morgan fingerprint density at radius 1 is 1.33 bits per heavy atom. The molecule has 0 fully saturated rings. The van der Waals surface area contributed by atoms with Gasteiger partial charge < -0.3 is 10.1 Å². The fourth-order valence-corrected chi connectivity index (χ4v) is 1.74. The molecule has 0 aliphatic carbocycles. The Morgan fingerprint density at radius 3 is 2.94 bits per heavy atom. The molecule has 1 aromatic carbocycles. The predicted molar refractivity (Wildman–Crippen MR) is 71.6 cm³/mol. The van der Waals surface area contributed by atoms with Gasteiger partial charge in [0.05, 0.1) is 5.69 Å². The molecule has 96 valence electrons. The zero-order valence-electron chi connectivity index (χ0n) is 10.9. The molecule has 1 heterocycles. The van der Waals surface area contributed by atoms with Crippen LogP contribution >= 0.6 is 0 Å². The highest BCUT2D eigenvalue weighted by Crippen LogP contribution is 2.11. The molecule has 0 saturated heterocycles. The van der Waals surface area contributed by atoms with Crippen molar-refractivity contribution >= 4 is 0 Å². The van der Waals surface area contributed by atoms with E-state index in [-0.39, 0.29) is 0 Å². The fourth-order valence-electron chi connectivity index (χ4n) is 1.74. The molecule has 4 nitrogen and oxygen atoms in total. The maximum absolute atomic E-state index is 5.65. The second-order valence-electron chi connectivity index (χ2n) is 4.29. The monoisotopic (exact) mass is 245 g/mol. The van der Waals surface area contributed by atoms with E-state index >= 15 is 0 Å². The van der Waals surface area contributed by atoms with Crippen molar-refractivity contribution in [1.29, 1.82) is 0 Å². The molecule has 0 bridgehead atoms. The third-order valence-corrected chi connectivity index (χ3v) is 2.77. The van der Waals surface area contributed by atoms with Crippen molar-refractivity contribution in [3.63, 3.8) is 0 Å². The summed E-state index contributed by atoms with van der Waals surface area (Å²) in [7, 11) is 1.94. The summed E-state index contributed by atoms with van der Waals surface area (Å²) < 4.78 is 7.52. The molecule has 0 aliphatic heterocycles. The maximum atomic E-state index is 5.65. The number of hydrogen-bond acceptors (Lipinski definition) is 3. The lowest BCUT2D eigenvalue weighted by Crippen LogP contribution is -2.21. The van der Waals surface area contributed by atoms with E-state index in [1.54, 1.807) is 6.20 Å². The minimum Gasteiger partial charge on any atom is -0.492 e. The van der Waals surface area contributed by atoms with Gasteiger partial charge in [0.15, 0.2) is 0 Å². The molecule has 18 heavy (non-hydrogen) atoms. The lowest BCUT2D eigenvalue weighted by atomic mass is 10.2. The number of benzene rings is 1. The zero-order chi connectivity index (χ0) is 12.8. The Labute approximate surface area is 108 Å². The van der Waals surface area contributed by atoms with E-state index in [0.717, 1.165) is 18.8 Å². The van der Waals surface area contributed by atoms with Gasteiger partial charge in [-0.15, -0.1) is 0 Å². The van der Waals surface area contributed by atoms with E-state index in [9.17, 15) is 0 Å². The first-order valence-electron chi connectivity index (χ1n) is 6.13. The average Bonchev–Trinajstić information content (AvgIpc) is 2.75. The van der Waals surface area contributed by atoms with Crippen LogP contribution < -0.4 is 10.1 Å². The van der Waals surface area contributed by atoms with Gasteiger partial charge in [0.2, 0.25) is 0 Å². The number of aryl methyl sites for hydroxylation is 2. The smallest absolute Gasteiger partial charge is 0.119 e. The molecule has 0 aliphatic rings. The summed E-state index contributed by atoms with van der Waals surface area (Å²) >= 11 is 0. The lowest BCUT2D eigenvalue weighted by molar-refractivity contribution is 0.313. The number of nitrogens with zero attached hydrogens (tertiary/aromatic N) is 2. The predicted octanol–water partition coefficient (Wildman–Crippen LogP) is 1.90. The van der Waals surface area contributed by atoms with Gasteiger partial charge in [0.1, 0.15) is 12.4 Å². The summed E-state index contributed by atoms with van der Waals surface area (Å²) in [6.45, 7) is 4.36. The van der Waals surface area contributed by atoms with Crippen molar-refractivity contribution in [2.24, 2.45) is 7.05 Å². The molecule has 2 aromatic rings. The minimum atomic E-state index is 0.668. The highest BCUT2D eigenvalue weighted by atomic mass is 16.5. The number of aromatic nitrogens is 2. The van der Waals surface area contributed by atoms with Crippen molar-refractivity contribution in [2.75, 3.05) is 13.2 Å². The Balaban J connectivity index is 1.66.